The van der Waals surface area contributed by atoms with Gasteiger partial charge in [0.2, 0.25) is 0 Å². The Bertz CT molecular complexity index is 509. The van der Waals surface area contributed by atoms with Crippen molar-refractivity contribution in [1.29, 1.82) is 0 Å². The van der Waals surface area contributed by atoms with Crippen LogP contribution < -0.4 is 0 Å². The van der Waals surface area contributed by atoms with Crippen molar-refractivity contribution < 1.29 is 4.74 Å². The molecular weight excluding hydrogens is 593 g/mol. The summed E-state index contributed by atoms with van der Waals surface area (Å²) >= 11 is 0. The first-order chi connectivity index (χ1) is 24.3. The normalized spacial score (nSPS) is 13.0. The molecule has 0 heterocycles. The first kappa shape index (κ1) is 49.0. The van der Waals surface area contributed by atoms with Crippen LogP contribution >= 0.6 is 0 Å². The predicted octanol–water partition coefficient (Wildman–Crippen LogP) is 18.2. The van der Waals surface area contributed by atoms with Gasteiger partial charge in [0.1, 0.15) is 0 Å². The molecule has 1 heteroatoms. The Balaban J connectivity index is 4.69. The molecule has 0 fully saturated rings. The van der Waals surface area contributed by atoms with E-state index in [-0.39, 0.29) is 0 Å². The molecule has 0 aliphatic heterocycles. The summed E-state index contributed by atoms with van der Waals surface area (Å²) in [5, 5.41) is 0. The lowest BCUT2D eigenvalue weighted by atomic mass is 9.99. The number of rotatable bonds is 44. The smallest absolute Gasteiger partial charge is 0.0578 e. The van der Waals surface area contributed by atoms with E-state index < -0.39 is 0 Å². The summed E-state index contributed by atoms with van der Waals surface area (Å²) in [6.45, 7) is 9.30. The largest absolute Gasteiger partial charge is 0.375 e. The van der Waals surface area contributed by atoms with E-state index in [1.807, 2.05) is 0 Å². The summed E-state index contributed by atoms with van der Waals surface area (Å²) in [6.07, 6.45) is 60.7. The van der Waals surface area contributed by atoms with Crippen molar-refractivity contribution in [2.75, 3.05) is 0 Å². The average molecular weight is 691 g/mol. The highest BCUT2D eigenvalue weighted by molar-refractivity contribution is 4.67. The average Bonchev–Trinajstić information content (AvgIpc) is 3.11. The second-order valence-corrected chi connectivity index (χ2v) is 16.6. The molecule has 296 valence electrons. The third kappa shape index (κ3) is 40.6. The molecule has 0 aromatic rings. The number of hydrogen-bond donors (Lipinski definition) is 0. The minimum Gasteiger partial charge on any atom is -0.375 e. The van der Waals surface area contributed by atoms with Crippen molar-refractivity contribution in [2.24, 2.45) is 0 Å². The third-order valence-electron chi connectivity index (χ3n) is 11.4. The molecule has 0 radical (unpaired) electrons. The molecule has 1 nitrogen and oxygen atoms in total. The molecule has 2 unspecified atom stereocenters. The molecule has 0 aromatic carbocycles. The first-order valence-corrected chi connectivity index (χ1v) is 23.9. The van der Waals surface area contributed by atoms with E-state index in [0.717, 1.165) is 0 Å². The Morgan fingerprint density at radius 2 is 0.347 bits per heavy atom. The molecular formula is C48H98O. The van der Waals surface area contributed by atoms with Crippen LogP contribution in [0.5, 0.6) is 0 Å². The Morgan fingerprint density at radius 1 is 0.204 bits per heavy atom. The molecule has 0 N–H and O–H groups in total. The highest BCUT2D eigenvalue weighted by Crippen LogP contribution is 2.24. The molecule has 0 amide bonds. The summed E-state index contributed by atoms with van der Waals surface area (Å²) < 4.78 is 7.15. The quantitative estimate of drug-likeness (QED) is 0.0578. The molecule has 0 aliphatic rings. The third-order valence-corrected chi connectivity index (χ3v) is 11.4. The van der Waals surface area contributed by atoms with Gasteiger partial charge in [-0.15, -0.1) is 0 Å². The van der Waals surface area contributed by atoms with Gasteiger partial charge >= 0.3 is 0 Å². The zero-order chi connectivity index (χ0) is 35.6. The monoisotopic (exact) mass is 691 g/mol. The molecule has 0 bridgehead atoms. The lowest BCUT2D eigenvalue weighted by molar-refractivity contribution is -0.0324. The molecule has 2 atom stereocenters. The van der Waals surface area contributed by atoms with E-state index in [2.05, 4.69) is 27.7 Å². The van der Waals surface area contributed by atoms with E-state index in [4.69, 9.17) is 4.74 Å². The van der Waals surface area contributed by atoms with Crippen LogP contribution in [-0.2, 0) is 4.74 Å². The summed E-state index contributed by atoms with van der Waals surface area (Å²) in [6, 6.07) is 0. The van der Waals surface area contributed by atoms with Crippen molar-refractivity contribution in [3.05, 3.63) is 0 Å². The minimum atomic E-state index is 0.519. The Labute approximate surface area is 313 Å². The standard InChI is InChI=1S/C48H98O/c1-5-9-13-17-21-25-27-29-33-37-41-45-47(43-39-35-31-23-19-15-11-7-3)49-48(44-40-36-32-24-20-16-12-8-4)46-42-38-34-30-28-26-22-18-14-10-6-2/h47-48H,5-46H2,1-4H3. The van der Waals surface area contributed by atoms with Crippen molar-refractivity contribution in [2.45, 2.75) is 310 Å². The number of hydrogen-bond acceptors (Lipinski definition) is 1. The summed E-state index contributed by atoms with van der Waals surface area (Å²) in [4.78, 5) is 0. The summed E-state index contributed by atoms with van der Waals surface area (Å²) in [7, 11) is 0. The topological polar surface area (TPSA) is 9.23 Å². The number of ether oxygens (including phenoxy) is 1. The van der Waals surface area contributed by atoms with Crippen LogP contribution in [0.4, 0.5) is 0 Å². The zero-order valence-corrected chi connectivity index (χ0v) is 35.3. The van der Waals surface area contributed by atoms with Crippen molar-refractivity contribution >= 4 is 0 Å². The van der Waals surface area contributed by atoms with Gasteiger partial charge in [0.05, 0.1) is 12.2 Å². The van der Waals surface area contributed by atoms with Crippen LogP contribution in [0.3, 0.4) is 0 Å². The molecule has 0 saturated heterocycles. The fourth-order valence-corrected chi connectivity index (χ4v) is 7.92. The lowest BCUT2D eigenvalue weighted by Gasteiger charge is -2.26. The van der Waals surface area contributed by atoms with E-state index >= 15 is 0 Å². The van der Waals surface area contributed by atoms with Crippen LogP contribution in [-0.4, -0.2) is 12.2 Å². The molecule has 0 rings (SSSR count). The lowest BCUT2D eigenvalue weighted by Crippen LogP contribution is -2.23. The van der Waals surface area contributed by atoms with E-state index in [9.17, 15) is 0 Å². The molecule has 0 aliphatic carbocycles. The van der Waals surface area contributed by atoms with Gasteiger partial charge in [-0.25, -0.2) is 0 Å². The summed E-state index contributed by atoms with van der Waals surface area (Å²) in [5.41, 5.74) is 0. The Kier molecular flexibility index (Phi) is 44.1. The Morgan fingerprint density at radius 3 is 0.510 bits per heavy atom. The second kappa shape index (κ2) is 44.1. The van der Waals surface area contributed by atoms with Crippen LogP contribution in [0.2, 0.25) is 0 Å². The van der Waals surface area contributed by atoms with E-state index in [1.165, 1.54) is 270 Å². The van der Waals surface area contributed by atoms with Gasteiger partial charge < -0.3 is 4.74 Å². The van der Waals surface area contributed by atoms with Crippen LogP contribution in [0.25, 0.3) is 0 Å². The van der Waals surface area contributed by atoms with E-state index in [0.29, 0.717) is 12.2 Å². The fourth-order valence-electron chi connectivity index (χ4n) is 7.92. The van der Waals surface area contributed by atoms with Gasteiger partial charge in [-0.3, -0.25) is 0 Å². The van der Waals surface area contributed by atoms with Crippen LogP contribution in [0, 0.1) is 0 Å². The van der Waals surface area contributed by atoms with Crippen LogP contribution in [0.1, 0.15) is 297 Å². The van der Waals surface area contributed by atoms with Gasteiger partial charge in [0.25, 0.3) is 0 Å². The Hall–Kier alpha value is -0.0400. The van der Waals surface area contributed by atoms with Gasteiger partial charge in [-0.05, 0) is 25.7 Å². The number of unbranched alkanes of at least 4 members (excludes halogenated alkanes) is 34. The fraction of sp³-hybridized carbons (Fsp3) is 1.00. The maximum absolute atomic E-state index is 7.15. The van der Waals surface area contributed by atoms with Crippen molar-refractivity contribution in [3.63, 3.8) is 0 Å². The van der Waals surface area contributed by atoms with Crippen molar-refractivity contribution in [1.82, 2.24) is 0 Å². The molecule has 0 saturated carbocycles. The molecule has 0 spiro atoms. The van der Waals surface area contributed by atoms with Gasteiger partial charge in [0, 0.05) is 0 Å². The zero-order valence-electron chi connectivity index (χ0n) is 35.3. The second-order valence-electron chi connectivity index (χ2n) is 16.6. The van der Waals surface area contributed by atoms with Crippen molar-refractivity contribution in [3.8, 4) is 0 Å². The van der Waals surface area contributed by atoms with Crippen LogP contribution in [0.15, 0.2) is 0 Å². The maximum Gasteiger partial charge on any atom is 0.0578 e. The highest BCUT2D eigenvalue weighted by atomic mass is 16.5. The predicted molar refractivity (Wildman–Crippen MR) is 225 cm³/mol. The SMILES string of the molecule is CCCCCCCCCCCCCC(CCCCCCCCCC)OC(CCCCCCCCCC)CCCCCCCCCCCCC. The van der Waals surface area contributed by atoms with Gasteiger partial charge in [-0.1, -0.05) is 272 Å². The van der Waals surface area contributed by atoms with Gasteiger partial charge in [-0.2, -0.15) is 0 Å². The van der Waals surface area contributed by atoms with Gasteiger partial charge in [0.15, 0.2) is 0 Å². The minimum absolute atomic E-state index is 0.519. The molecule has 0 aromatic heterocycles. The molecule has 49 heavy (non-hydrogen) atoms. The highest BCUT2D eigenvalue weighted by Gasteiger charge is 2.17. The first-order valence-electron chi connectivity index (χ1n) is 23.9. The summed E-state index contributed by atoms with van der Waals surface area (Å²) in [5.74, 6) is 0. The maximum atomic E-state index is 7.15. The van der Waals surface area contributed by atoms with E-state index in [1.54, 1.807) is 0 Å².